The van der Waals surface area contributed by atoms with Gasteiger partial charge in [-0.15, -0.1) is 0 Å². The van der Waals surface area contributed by atoms with Gasteiger partial charge in [-0.1, -0.05) is 18.3 Å². The Morgan fingerprint density at radius 1 is 1.53 bits per heavy atom. The summed E-state index contributed by atoms with van der Waals surface area (Å²) < 4.78 is 26.6. The number of sulfonamides is 1. The van der Waals surface area contributed by atoms with E-state index in [1.54, 1.807) is 6.92 Å². The van der Waals surface area contributed by atoms with Crippen LogP contribution in [0.3, 0.4) is 0 Å². The lowest BCUT2D eigenvalue weighted by molar-refractivity contribution is 0.492. The minimum Gasteiger partial charge on any atom is -0.315 e. The highest BCUT2D eigenvalue weighted by atomic mass is 32.2. The Morgan fingerprint density at radius 2 is 2.18 bits per heavy atom. The first-order valence-electron chi connectivity index (χ1n) is 5.59. The molecule has 1 saturated carbocycles. The summed E-state index contributed by atoms with van der Waals surface area (Å²) in [6.45, 7) is 4.09. The second-order valence-electron chi connectivity index (χ2n) is 4.59. The minimum atomic E-state index is -3.53. The molecule has 1 aromatic rings. The molecule has 2 rings (SSSR count). The lowest BCUT2D eigenvalue weighted by atomic mass is 10.1. The van der Waals surface area contributed by atoms with E-state index in [-0.39, 0.29) is 9.08 Å². The van der Waals surface area contributed by atoms with Crippen LogP contribution in [0, 0.1) is 18.8 Å². The van der Waals surface area contributed by atoms with Gasteiger partial charge in [0.1, 0.15) is 0 Å². The SMILES string of the molecule is Cc1[nH]c(=O)sc1S(=O)(=O)NCC(C)C1CC1. The van der Waals surface area contributed by atoms with Crippen LogP contribution in [0.2, 0.25) is 0 Å². The molecule has 0 radical (unpaired) electrons. The second kappa shape index (κ2) is 4.55. The number of rotatable bonds is 5. The van der Waals surface area contributed by atoms with E-state index in [2.05, 4.69) is 9.71 Å². The second-order valence-corrected chi connectivity index (χ2v) is 7.54. The topological polar surface area (TPSA) is 79.0 Å². The maximum Gasteiger partial charge on any atom is 0.305 e. The number of hydrogen-bond donors (Lipinski definition) is 2. The van der Waals surface area contributed by atoms with Crippen LogP contribution in [-0.2, 0) is 10.0 Å². The molecule has 17 heavy (non-hydrogen) atoms. The van der Waals surface area contributed by atoms with Gasteiger partial charge in [-0.2, -0.15) is 0 Å². The maximum absolute atomic E-state index is 12.0. The van der Waals surface area contributed by atoms with Crippen LogP contribution < -0.4 is 9.60 Å². The zero-order chi connectivity index (χ0) is 12.6. The molecule has 2 N–H and O–H groups in total. The highest BCUT2D eigenvalue weighted by molar-refractivity contribution is 7.91. The first-order valence-corrected chi connectivity index (χ1v) is 7.89. The summed E-state index contributed by atoms with van der Waals surface area (Å²) in [6.07, 6.45) is 2.39. The third-order valence-electron chi connectivity index (χ3n) is 3.05. The lowest BCUT2D eigenvalue weighted by Crippen LogP contribution is -2.29. The first-order chi connectivity index (χ1) is 7.90. The van der Waals surface area contributed by atoms with Crippen molar-refractivity contribution in [2.24, 2.45) is 11.8 Å². The van der Waals surface area contributed by atoms with Crippen LogP contribution in [0.15, 0.2) is 9.00 Å². The molecule has 1 heterocycles. The molecule has 0 bridgehead atoms. The van der Waals surface area contributed by atoms with Gasteiger partial charge in [-0.25, -0.2) is 13.1 Å². The Hall–Kier alpha value is -0.660. The summed E-state index contributed by atoms with van der Waals surface area (Å²) in [7, 11) is -3.53. The Bertz CT molecular complexity index is 554. The molecule has 0 saturated heterocycles. The monoisotopic (exact) mass is 276 g/mol. The van der Waals surface area contributed by atoms with Crippen molar-refractivity contribution < 1.29 is 8.42 Å². The van der Waals surface area contributed by atoms with Crippen molar-refractivity contribution in [3.63, 3.8) is 0 Å². The van der Waals surface area contributed by atoms with Crippen LogP contribution in [-0.4, -0.2) is 19.9 Å². The van der Waals surface area contributed by atoms with E-state index < -0.39 is 10.0 Å². The Labute approximate surface area is 104 Å². The summed E-state index contributed by atoms with van der Waals surface area (Å²) in [5, 5.41) is 0. The summed E-state index contributed by atoms with van der Waals surface area (Å²) in [5.74, 6) is 1.02. The van der Waals surface area contributed by atoms with E-state index in [0.717, 1.165) is 11.3 Å². The molecular formula is C10H16N2O3S2. The maximum atomic E-state index is 12.0. The van der Waals surface area contributed by atoms with Crippen molar-refractivity contribution >= 4 is 21.4 Å². The van der Waals surface area contributed by atoms with Gasteiger partial charge in [0.15, 0.2) is 4.21 Å². The smallest absolute Gasteiger partial charge is 0.305 e. The standard InChI is InChI=1S/C10H16N2O3S2/c1-6(8-3-4-8)5-11-17(14,15)9-7(2)12-10(13)16-9/h6,8,11H,3-5H2,1-2H3,(H,12,13). The van der Waals surface area contributed by atoms with Crippen molar-refractivity contribution in [3.05, 3.63) is 15.4 Å². The van der Waals surface area contributed by atoms with E-state index in [4.69, 9.17) is 0 Å². The highest BCUT2D eigenvalue weighted by Crippen LogP contribution is 2.36. The van der Waals surface area contributed by atoms with E-state index >= 15 is 0 Å². The molecular weight excluding hydrogens is 260 g/mol. The molecule has 1 atom stereocenters. The predicted octanol–water partition coefficient (Wildman–Crippen LogP) is 1.07. The van der Waals surface area contributed by atoms with Gasteiger partial charge in [-0.05, 0) is 31.6 Å². The summed E-state index contributed by atoms with van der Waals surface area (Å²) >= 11 is 0.735. The molecule has 1 fully saturated rings. The molecule has 0 spiro atoms. The van der Waals surface area contributed by atoms with Crippen LogP contribution in [0.1, 0.15) is 25.5 Å². The quantitative estimate of drug-likeness (QED) is 0.844. The zero-order valence-corrected chi connectivity index (χ0v) is 11.5. The summed E-state index contributed by atoms with van der Waals surface area (Å²) in [6, 6.07) is 0. The van der Waals surface area contributed by atoms with E-state index in [1.807, 2.05) is 6.92 Å². The van der Waals surface area contributed by atoms with Gasteiger partial charge in [0.25, 0.3) is 10.0 Å². The lowest BCUT2D eigenvalue weighted by Gasteiger charge is -2.11. The third-order valence-corrected chi connectivity index (χ3v) is 6.08. The fraction of sp³-hybridized carbons (Fsp3) is 0.700. The van der Waals surface area contributed by atoms with Gasteiger partial charge in [0.05, 0.1) is 0 Å². The van der Waals surface area contributed by atoms with Gasteiger partial charge in [0.2, 0.25) is 0 Å². The number of aromatic amines is 1. The van der Waals surface area contributed by atoms with E-state index in [9.17, 15) is 13.2 Å². The summed E-state index contributed by atoms with van der Waals surface area (Å²) in [4.78, 5) is 13.2. The minimum absolute atomic E-state index is 0.102. The normalized spacial score (nSPS) is 18.2. The number of nitrogens with one attached hydrogen (secondary N) is 2. The first kappa shape index (κ1) is 12.8. The Balaban J connectivity index is 2.08. The van der Waals surface area contributed by atoms with Crippen molar-refractivity contribution in [1.29, 1.82) is 0 Å². The average Bonchev–Trinajstić information content (AvgIpc) is 3.01. The predicted molar refractivity (Wildman–Crippen MR) is 66.8 cm³/mol. The fourth-order valence-corrected chi connectivity index (χ4v) is 4.27. The molecule has 5 nitrogen and oxygen atoms in total. The molecule has 96 valence electrons. The van der Waals surface area contributed by atoms with Gasteiger partial charge in [0, 0.05) is 12.2 Å². The molecule has 1 aliphatic rings. The van der Waals surface area contributed by atoms with E-state index in [0.29, 0.717) is 24.1 Å². The van der Waals surface area contributed by atoms with Crippen molar-refractivity contribution in [1.82, 2.24) is 9.71 Å². The molecule has 7 heteroatoms. The average molecular weight is 276 g/mol. The number of aromatic nitrogens is 1. The largest absolute Gasteiger partial charge is 0.315 e. The van der Waals surface area contributed by atoms with Crippen LogP contribution in [0.4, 0.5) is 0 Å². The van der Waals surface area contributed by atoms with Crippen LogP contribution in [0.25, 0.3) is 0 Å². The van der Waals surface area contributed by atoms with Crippen LogP contribution in [0.5, 0.6) is 0 Å². The Morgan fingerprint density at radius 3 is 2.65 bits per heavy atom. The molecule has 1 unspecified atom stereocenters. The number of thiazole rings is 1. The number of aryl methyl sites for hydroxylation is 1. The third kappa shape index (κ3) is 2.97. The number of H-pyrrole nitrogens is 1. The van der Waals surface area contributed by atoms with Gasteiger partial charge in [-0.3, -0.25) is 4.79 Å². The van der Waals surface area contributed by atoms with Gasteiger partial charge < -0.3 is 4.98 Å². The zero-order valence-electron chi connectivity index (χ0n) is 9.82. The summed E-state index contributed by atoms with van der Waals surface area (Å²) in [5.41, 5.74) is 0.409. The van der Waals surface area contributed by atoms with E-state index in [1.165, 1.54) is 12.8 Å². The molecule has 0 aliphatic heterocycles. The van der Waals surface area contributed by atoms with Crippen molar-refractivity contribution in [2.45, 2.75) is 30.9 Å². The molecule has 0 amide bonds. The van der Waals surface area contributed by atoms with Crippen LogP contribution >= 0.6 is 11.3 Å². The van der Waals surface area contributed by atoms with Crippen molar-refractivity contribution in [2.75, 3.05) is 6.54 Å². The Kier molecular flexibility index (Phi) is 3.42. The number of hydrogen-bond acceptors (Lipinski definition) is 4. The molecule has 1 aliphatic carbocycles. The molecule has 1 aromatic heterocycles. The highest BCUT2D eigenvalue weighted by Gasteiger charge is 2.29. The molecule has 0 aromatic carbocycles. The van der Waals surface area contributed by atoms with Crippen molar-refractivity contribution in [3.8, 4) is 0 Å². The van der Waals surface area contributed by atoms with Gasteiger partial charge >= 0.3 is 4.87 Å². The fourth-order valence-electron chi connectivity index (χ4n) is 1.79.